The highest BCUT2D eigenvalue weighted by atomic mass is 35.5. The second-order valence-corrected chi connectivity index (χ2v) is 7.73. The summed E-state index contributed by atoms with van der Waals surface area (Å²) in [5, 5.41) is 2.90. The van der Waals surface area contributed by atoms with Crippen molar-refractivity contribution in [2.45, 2.75) is 19.5 Å². The van der Waals surface area contributed by atoms with Gasteiger partial charge in [0.05, 0.1) is 27.7 Å². The molecule has 4 rings (SSSR count). The summed E-state index contributed by atoms with van der Waals surface area (Å²) in [4.78, 5) is 39.2. The smallest absolute Gasteiger partial charge is 0.336 e. The summed E-state index contributed by atoms with van der Waals surface area (Å²) in [5.74, 6) is -1.06. The van der Waals surface area contributed by atoms with Crippen molar-refractivity contribution in [3.63, 3.8) is 0 Å². The van der Waals surface area contributed by atoms with Gasteiger partial charge in [-0.15, -0.1) is 0 Å². The lowest BCUT2D eigenvalue weighted by molar-refractivity contribution is -0.122. The normalized spacial score (nSPS) is 12.0. The maximum atomic E-state index is 13.6. The van der Waals surface area contributed by atoms with Gasteiger partial charge in [0, 0.05) is 0 Å². The van der Waals surface area contributed by atoms with E-state index in [-0.39, 0.29) is 28.7 Å². The van der Waals surface area contributed by atoms with E-state index in [1.54, 1.807) is 24.3 Å². The van der Waals surface area contributed by atoms with Crippen molar-refractivity contribution in [3.05, 3.63) is 110 Å². The maximum absolute atomic E-state index is 13.6. The van der Waals surface area contributed by atoms with Gasteiger partial charge in [0.15, 0.2) is 0 Å². The van der Waals surface area contributed by atoms with Crippen LogP contribution in [0, 0.1) is 5.82 Å². The molecule has 0 aliphatic carbocycles. The largest absolute Gasteiger partial charge is 0.348 e. The van der Waals surface area contributed by atoms with Crippen molar-refractivity contribution >= 4 is 28.4 Å². The molecule has 0 fully saturated rings. The minimum Gasteiger partial charge on any atom is -0.348 e. The molecule has 8 heteroatoms. The van der Waals surface area contributed by atoms with Gasteiger partial charge in [-0.25, -0.2) is 13.8 Å². The number of hydrogen-bond donors (Lipinski definition) is 1. The van der Waals surface area contributed by atoms with Gasteiger partial charge >= 0.3 is 5.69 Å². The molecule has 4 aromatic rings. The molecule has 0 spiro atoms. The third kappa shape index (κ3) is 4.07. The predicted octanol–water partition coefficient (Wildman–Crippen LogP) is 3.82. The van der Waals surface area contributed by atoms with Crippen LogP contribution in [-0.2, 0) is 11.3 Å². The van der Waals surface area contributed by atoms with Crippen LogP contribution < -0.4 is 16.6 Å². The van der Waals surface area contributed by atoms with Crippen LogP contribution in [0.3, 0.4) is 0 Å². The lowest BCUT2D eigenvalue weighted by Crippen LogP contribution is -2.42. The number of para-hydroxylation sites is 1. The number of fused-ring (bicyclic) bond motifs is 1. The first-order chi connectivity index (χ1) is 15.4. The zero-order chi connectivity index (χ0) is 22.8. The van der Waals surface area contributed by atoms with Gasteiger partial charge in [0.2, 0.25) is 5.91 Å². The molecule has 1 amide bonds. The average molecular weight is 452 g/mol. The van der Waals surface area contributed by atoms with E-state index in [0.717, 1.165) is 16.2 Å². The summed E-state index contributed by atoms with van der Waals surface area (Å²) in [7, 11) is 0. The number of benzene rings is 3. The zero-order valence-electron chi connectivity index (χ0n) is 17.1. The van der Waals surface area contributed by atoms with Crippen molar-refractivity contribution in [1.29, 1.82) is 0 Å². The van der Waals surface area contributed by atoms with Crippen molar-refractivity contribution in [2.24, 2.45) is 0 Å². The molecule has 1 atom stereocenters. The molecule has 3 aromatic carbocycles. The summed E-state index contributed by atoms with van der Waals surface area (Å²) < 4.78 is 15.7. The van der Waals surface area contributed by atoms with E-state index in [4.69, 9.17) is 11.6 Å². The van der Waals surface area contributed by atoms with Crippen molar-refractivity contribution < 1.29 is 9.18 Å². The number of carbonyl (C=O) groups excluding carboxylic acids is 1. The van der Waals surface area contributed by atoms with E-state index in [0.29, 0.717) is 5.52 Å². The van der Waals surface area contributed by atoms with Crippen molar-refractivity contribution in [2.75, 3.05) is 0 Å². The second-order valence-electron chi connectivity index (χ2n) is 7.32. The molecular formula is C24H19ClFN3O3. The fourth-order valence-corrected chi connectivity index (χ4v) is 3.76. The lowest BCUT2D eigenvalue weighted by atomic mass is 10.1. The van der Waals surface area contributed by atoms with E-state index in [2.05, 4.69) is 5.32 Å². The Morgan fingerprint density at radius 2 is 1.72 bits per heavy atom. The van der Waals surface area contributed by atoms with E-state index in [1.807, 2.05) is 37.3 Å². The summed E-state index contributed by atoms with van der Waals surface area (Å²) in [6.07, 6.45) is 0. The molecule has 1 N–H and O–H groups in total. The van der Waals surface area contributed by atoms with Gasteiger partial charge < -0.3 is 5.32 Å². The first-order valence-corrected chi connectivity index (χ1v) is 10.3. The number of rotatable bonds is 5. The molecule has 0 bridgehead atoms. The molecule has 162 valence electrons. The van der Waals surface area contributed by atoms with Gasteiger partial charge in [0.25, 0.3) is 5.56 Å². The van der Waals surface area contributed by atoms with Gasteiger partial charge in [-0.1, -0.05) is 54.1 Å². The first-order valence-electron chi connectivity index (χ1n) is 9.91. The fraction of sp³-hybridized carbons (Fsp3) is 0.125. The van der Waals surface area contributed by atoms with Crippen LogP contribution in [0.25, 0.3) is 16.6 Å². The molecule has 0 aliphatic heterocycles. The topological polar surface area (TPSA) is 73.1 Å². The molecule has 0 unspecified atom stereocenters. The number of nitrogens with one attached hydrogen (secondary N) is 1. The molecule has 32 heavy (non-hydrogen) atoms. The third-order valence-corrected chi connectivity index (χ3v) is 5.48. The zero-order valence-corrected chi connectivity index (χ0v) is 17.8. The molecule has 0 radical (unpaired) electrons. The Morgan fingerprint density at radius 1 is 1.03 bits per heavy atom. The summed E-state index contributed by atoms with van der Waals surface area (Å²) in [5.41, 5.74) is 0.0592. The number of halogens is 2. The Bertz CT molecular complexity index is 1430. The van der Waals surface area contributed by atoms with E-state index in [1.165, 1.54) is 16.7 Å². The molecular weight excluding hydrogens is 433 g/mol. The van der Waals surface area contributed by atoms with Crippen LogP contribution in [-0.4, -0.2) is 15.0 Å². The SMILES string of the molecule is C[C@H](NC(=O)Cn1c(=O)n(-c2ccc(F)c(Cl)c2)c(=O)c2ccccc21)c1ccccc1. The van der Waals surface area contributed by atoms with Crippen LogP contribution in [0.5, 0.6) is 0 Å². The Labute approximate surface area is 187 Å². The van der Waals surface area contributed by atoms with Crippen LogP contribution in [0.15, 0.2) is 82.4 Å². The molecule has 0 saturated heterocycles. The molecule has 0 saturated carbocycles. The van der Waals surface area contributed by atoms with Crippen molar-refractivity contribution in [3.8, 4) is 5.69 Å². The average Bonchev–Trinajstić information content (AvgIpc) is 2.79. The van der Waals surface area contributed by atoms with Gasteiger partial charge in [-0.05, 0) is 42.8 Å². The molecule has 0 aliphatic rings. The van der Waals surface area contributed by atoms with Crippen LogP contribution in [0.1, 0.15) is 18.5 Å². The number of aromatic nitrogens is 2. The Kier molecular flexibility index (Phi) is 5.92. The minimum atomic E-state index is -0.723. The van der Waals surface area contributed by atoms with Crippen molar-refractivity contribution in [1.82, 2.24) is 14.5 Å². The number of nitrogens with zero attached hydrogens (tertiary/aromatic N) is 2. The fourth-order valence-electron chi connectivity index (χ4n) is 3.58. The number of carbonyl (C=O) groups is 1. The van der Waals surface area contributed by atoms with E-state index in [9.17, 15) is 18.8 Å². The Hall–Kier alpha value is -3.71. The van der Waals surface area contributed by atoms with Crippen LogP contribution in [0.4, 0.5) is 4.39 Å². The standard InChI is InChI=1S/C24H19ClFN3O3/c1-15(16-7-3-2-4-8-16)27-22(30)14-28-21-10-6-5-9-18(21)23(31)29(24(28)32)17-11-12-20(26)19(25)13-17/h2-13,15H,14H2,1H3,(H,27,30)/t15-/m0/s1. The second kappa shape index (κ2) is 8.80. The highest BCUT2D eigenvalue weighted by molar-refractivity contribution is 6.30. The van der Waals surface area contributed by atoms with Gasteiger partial charge in [-0.2, -0.15) is 0 Å². The van der Waals surface area contributed by atoms with Crippen LogP contribution >= 0.6 is 11.6 Å². The third-order valence-electron chi connectivity index (χ3n) is 5.19. The van der Waals surface area contributed by atoms with Gasteiger partial charge in [-0.3, -0.25) is 14.2 Å². The lowest BCUT2D eigenvalue weighted by Gasteiger charge is -2.17. The Morgan fingerprint density at radius 3 is 2.44 bits per heavy atom. The molecule has 1 aromatic heterocycles. The predicted molar refractivity (Wildman–Crippen MR) is 122 cm³/mol. The molecule has 6 nitrogen and oxygen atoms in total. The minimum absolute atomic E-state index is 0.115. The number of hydrogen-bond acceptors (Lipinski definition) is 3. The van der Waals surface area contributed by atoms with E-state index < -0.39 is 23.0 Å². The van der Waals surface area contributed by atoms with E-state index >= 15 is 0 Å². The van der Waals surface area contributed by atoms with Crippen LogP contribution in [0.2, 0.25) is 5.02 Å². The summed E-state index contributed by atoms with van der Waals surface area (Å²) in [6, 6.07) is 19.2. The quantitative estimate of drug-likeness (QED) is 0.501. The number of amides is 1. The Balaban J connectivity index is 1.79. The molecule has 1 heterocycles. The monoisotopic (exact) mass is 451 g/mol. The highest BCUT2D eigenvalue weighted by Crippen LogP contribution is 2.18. The highest BCUT2D eigenvalue weighted by Gasteiger charge is 2.18. The summed E-state index contributed by atoms with van der Waals surface area (Å²) in [6.45, 7) is 1.54. The van der Waals surface area contributed by atoms with Gasteiger partial charge in [0.1, 0.15) is 12.4 Å². The first kappa shape index (κ1) is 21.5. The maximum Gasteiger partial charge on any atom is 0.336 e. The summed E-state index contributed by atoms with van der Waals surface area (Å²) >= 11 is 5.86.